The molecule has 0 saturated carbocycles. The number of benzene rings is 3. The van der Waals surface area contributed by atoms with Crippen molar-refractivity contribution in [2.45, 2.75) is 121 Å². The lowest BCUT2D eigenvalue weighted by Crippen LogP contribution is -2.65. The van der Waals surface area contributed by atoms with Crippen molar-refractivity contribution < 1.29 is 51.1 Å². The van der Waals surface area contributed by atoms with Gasteiger partial charge in [-0.1, -0.05) is 42.3 Å². The zero-order valence-corrected chi connectivity index (χ0v) is 41.3. The Balaban J connectivity index is 1.14. The molecule has 5 aliphatic rings. The van der Waals surface area contributed by atoms with E-state index in [4.69, 9.17) is 33.7 Å². The third-order valence-electron chi connectivity index (χ3n) is 14.5. The molecule has 1 amide bonds. The Hall–Kier alpha value is -6.09. The second kappa shape index (κ2) is 19.5. The van der Waals surface area contributed by atoms with E-state index in [0.29, 0.717) is 48.0 Å². The monoisotopic (exact) mass is 982 g/mol. The van der Waals surface area contributed by atoms with Crippen LogP contribution in [-0.4, -0.2) is 107 Å². The first kappa shape index (κ1) is 49.9. The van der Waals surface area contributed by atoms with Gasteiger partial charge < -0.3 is 38.6 Å². The fourth-order valence-electron chi connectivity index (χ4n) is 11.3. The summed E-state index contributed by atoms with van der Waals surface area (Å²) in [5.41, 5.74) is -0.999. The number of hydrogen-bond donors (Lipinski definition) is 1. The molecule has 0 aliphatic carbocycles. The van der Waals surface area contributed by atoms with E-state index >= 15 is 17.6 Å². The number of amides is 1. The van der Waals surface area contributed by atoms with Crippen LogP contribution in [0.25, 0.3) is 0 Å². The minimum Gasteiger partial charge on any atom is -0.497 e. The molecule has 1 aromatic heterocycles. The van der Waals surface area contributed by atoms with Crippen LogP contribution in [0.4, 0.5) is 33.9 Å². The maximum absolute atomic E-state index is 18.0. The first-order valence-electron chi connectivity index (χ1n) is 24.2. The summed E-state index contributed by atoms with van der Waals surface area (Å²) in [6, 6.07) is 15.2. The maximum atomic E-state index is 18.0. The lowest BCUT2D eigenvalue weighted by Gasteiger charge is -2.49. The number of fused-ring (bicyclic) bond motifs is 4. The van der Waals surface area contributed by atoms with Gasteiger partial charge in [0.1, 0.15) is 29.5 Å². The number of carbonyl (C=O) groups is 1. The van der Waals surface area contributed by atoms with Gasteiger partial charge in [0.15, 0.2) is 5.82 Å². The second-order valence-corrected chi connectivity index (χ2v) is 20.5. The van der Waals surface area contributed by atoms with Gasteiger partial charge in [0, 0.05) is 55.8 Å². The van der Waals surface area contributed by atoms with Crippen molar-refractivity contribution in [1.82, 2.24) is 19.8 Å². The molecule has 17 heteroatoms. The fraction of sp³-hybridized carbons (Fsp3) is 0.500. The zero-order valence-electron chi connectivity index (χ0n) is 41.3. The van der Waals surface area contributed by atoms with E-state index in [-0.39, 0.29) is 69.2 Å². The van der Waals surface area contributed by atoms with E-state index in [0.717, 1.165) is 49.1 Å². The predicted octanol–water partition coefficient (Wildman–Crippen LogP) is 9.17. The molecule has 4 aromatic rings. The summed E-state index contributed by atoms with van der Waals surface area (Å²) in [4.78, 5) is 31.3. The molecule has 0 spiro atoms. The molecular formula is C54H62F4N6O7. The Morgan fingerprint density at radius 3 is 2.28 bits per heavy atom. The van der Waals surface area contributed by atoms with Crippen LogP contribution < -0.4 is 24.0 Å². The molecule has 4 saturated heterocycles. The number of hydrogen-bond acceptors (Lipinski definition) is 12. The molecule has 2 unspecified atom stereocenters. The van der Waals surface area contributed by atoms with Crippen LogP contribution in [-0.2, 0) is 41.8 Å². The van der Waals surface area contributed by atoms with Crippen LogP contribution in [0.2, 0.25) is 0 Å². The van der Waals surface area contributed by atoms with Gasteiger partial charge in [-0.3, -0.25) is 9.80 Å². The standard InChI is InChI=1S/C54H62F4N6O7/c1-8-10-37-23-43(61(27-35-11-15-39(67-6)16-12-35)28-36-13-17-40(68-7)18-14-36)47(55)45(46(37)54(56,57)58)44-24-42-41(30-69-44)48(60-49(59-42)70-33-52-20-9-22-63(52)26-34(2)25-52)62-29-38-19-21-53(31-62,32-65)64(38)50(66)71-51(3,4)5/h11-18,23,38,44,65H,2,9,19-22,24-33H2,1,3-7H3/t38?,44-,52+,53?/m1/s1. The zero-order chi connectivity index (χ0) is 50.5. The third kappa shape index (κ3) is 9.95. The highest BCUT2D eigenvalue weighted by atomic mass is 19.4. The largest absolute Gasteiger partial charge is 0.497 e. The molecule has 9 rings (SSSR count). The summed E-state index contributed by atoms with van der Waals surface area (Å²) in [6.07, 6.45) is -3.55. The number of aromatic nitrogens is 2. The van der Waals surface area contributed by atoms with Crippen molar-refractivity contribution in [2.24, 2.45) is 0 Å². The van der Waals surface area contributed by atoms with Crippen molar-refractivity contribution in [3.63, 3.8) is 0 Å². The lowest BCUT2D eigenvalue weighted by atomic mass is 9.90. The molecule has 3 aromatic carbocycles. The number of halogens is 4. The highest BCUT2D eigenvalue weighted by Crippen LogP contribution is 2.48. The van der Waals surface area contributed by atoms with Crippen LogP contribution in [0.5, 0.6) is 17.5 Å². The summed E-state index contributed by atoms with van der Waals surface area (Å²) in [5.74, 6) is 5.85. The summed E-state index contributed by atoms with van der Waals surface area (Å²) in [5, 5.41) is 11.0. The smallest absolute Gasteiger partial charge is 0.418 e. The van der Waals surface area contributed by atoms with Gasteiger partial charge in [0.25, 0.3) is 0 Å². The fourth-order valence-corrected chi connectivity index (χ4v) is 11.3. The molecule has 2 bridgehead atoms. The summed E-state index contributed by atoms with van der Waals surface area (Å²) < 4.78 is 94.5. The third-order valence-corrected chi connectivity index (χ3v) is 14.5. The van der Waals surface area contributed by atoms with Crippen LogP contribution in [0.15, 0.2) is 66.7 Å². The number of aliphatic hydroxyl groups excluding tert-OH is 1. The van der Waals surface area contributed by atoms with Crippen molar-refractivity contribution >= 4 is 17.6 Å². The van der Waals surface area contributed by atoms with Crippen LogP contribution >= 0.6 is 0 Å². The number of nitrogens with zero attached hydrogens (tertiary/aromatic N) is 6. The highest BCUT2D eigenvalue weighted by Gasteiger charge is 2.55. The molecular weight excluding hydrogens is 921 g/mol. The average Bonchev–Trinajstić information content (AvgIpc) is 3.95. The second-order valence-electron chi connectivity index (χ2n) is 20.5. The molecule has 0 radical (unpaired) electrons. The van der Waals surface area contributed by atoms with Gasteiger partial charge in [-0.15, -0.1) is 5.92 Å². The molecule has 378 valence electrons. The summed E-state index contributed by atoms with van der Waals surface area (Å²) in [6.45, 7) is 13.1. The minimum absolute atomic E-state index is 0.0195. The van der Waals surface area contributed by atoms with Gasteiger partial charge in [-0.2, -0.15) is 23.1 Å². The van der Waals surface area contributed by atoms with Crippen molar-refractivity contribution in [1.29, 1.82) is 0 Å². The Morgan fingerprint density at radius 2 is 1.68 bits per heavy atom. The number of alkyl halides is 3. The average molecular weight is 983 g/mol. The topological polar surface area (TPSA) is 122 Å². The molecule has 4 fully saturated rings. The van der Waals surface area contributed by atoms with E-state index in [2.05, 4.69) is 23.3 Å². The molecule has 1 N–H and O–H groups in total. The van der Waals surface area contributed by atoms with Crippen LogP contribution in [0.3, 0.4) is 0 Å². The first-order chi connectivity index (χ1) is 33.9. The van der Waals surface area contributed by atoms with Crippen molar-refractivity contribution in [3.8, 4) is 29.4 Å². The molecule has 5 aliphatic heterocycles. The van der Waals surface area contributed by atoms with Gasteiger partial charge >= 0.3 is 18.3 Å². The van der Waals surface area contributed by atoms with E-state index in [1.807, 2.05) is 29.2 Å². The van der Waals surface area contributed by atoms with E-state index in [1.165, 1.54) is 13.0 Å². The Morgan fingerprint density at radius 1 is 1.00 bits per heavy atom. The molecule has 71 heavy (non-hydrogen) atoms. The van der Waals surface area contributed by atoms with Gasteiger partial charge in [-0.25, -0.2) is 9.18 Å². The molecule has 13 nitrogen and oxygen atoms in total. The number of aliphatic hydroxyl groups is 1. The Labute approximate surface area is 412 Å². The minimum atomic E-state index is -5.04. The van der Waals surface area contributed by atoms with E-state index in [9.17, 15) is 9.90 Å². The molecule has 6 heterocycles. The SMILES string of the molecule is C=C1CN2CCC[C@@]2(COc2nc3c(c(N4CC5CCC(CO)(C4)N5C(=O)OC(C)(C)C)n2)CO[C@@H](c2c(F)c(N(Cc4ccc(OC)cc4)Cc4ccc(OC)cc4)cc(C#CC)c2C(F)(F)F)C3)C1. The first-order valence-corrected chi connectivity index (χ1v) is 24.2. The van der Waals surface area contributed by atoms with Gasteiger partial charge in [0.2, 0.25) is 0 Å². The Bertz CT molecular complexity index is 2670. The lowest BCUT2D eigenvalue weighted by molar-refractivity contribution is -0.140. The quantitative estimate of drug-likeness (QED) is 0.0782. The normalized spacial score (nSPS) is 22.9. The maximum Gasteiger partial charge on any atom is 0.418 e. The van der Waals surface area contributed by atoms with Crippen LogP contribution in [0.1, 0.15) is 105 Å². The van der Waals surface area contributed by atoms with E-state index in [1.54, 1.807) is 69.1 Å². The number of methoxy groups -OCH3 is 2. The van der Waals surface area contributed by atoms with Crippen molar-refractivity contribution in [3.05, 3.63) is 112 Å². The van der Waals surface area contributed by atoms with Gasteiger partial charge in [-0.05, 0) is 108 Å². The number of ether oxygens (including phenoxy) is 5. The summed E-state index contributed by atoms with van der Waals surface area (Å²) >= 11 is 0. The van der Waals surface area contributed by atoms with Gasteiger partial charge in [0.05, 0.1) is 67.6 Å². The predicted molar refractivity (Wildman–Crippen MR) is 259 cm³/mol. The van der Waals surface area contributed by atoms with E-state index < -0.39 is 52.0 Å². The summed E-state index contributed by atoms with van der Waals surface area (Å²) in [7, 11) is 3.10. The highest BCUT2D eigenvalue weighted by molar-refractivity contribution is 5.72. The number of rotatable bonds is 13. The van der Waals surface area contributed by atoms with Crippen LogP contribution in [0, 0.1) is 17.7 Å². The number of anilines is 2. The molecule has 4 atom stereocenters. The number of carbonyl (C=O) groups excluding carboxylic acids is 1. The van der Waals surface area contributed by atoms with Crippen molar-refractivity contribution in [2.75, 3.05) is 63.4 Å². The number of piperazine rings is 1. The Kier molecular flexibility index (Phi) is 13.7.